The van der Waals surface area contributed by atoms with E-state index >= 15 is 0 Å². The van der Waals surface area contributed by atoms with Gasteiger partial charge in [0.15, 0.2) is 0 Å². The number of pyridine rings is 1. The summed E-state index contributed by atoms with van der Waals surface area (Å²) in [7, 11) is 0. The van der Waals surface area contributed by atoms with Crippen LogP contribution in [-0.4, -0.2) is 33.9 Å². The van der Waals surface area contributed by atoms with Crippen LogP contribution in [-0.2, 0) is 11.2 Å². The molecule has 4 heteroatoms. The molecule has 0 atom stereocenters. The zero-order valence-electron chi connectivity index (χ0n) is 14.5. The number of fused-ring (bicyclic) bond motifs is 1. The zero-order valence-corrected chi connectivity index (χ0v) is 14.5. The van der Waals surface area contributed by atoms with Crippen LogP contribution in [0.4, 0.5) is 0 Å². The van der Waals surface area contributed by atoms with Crippen molar-refractivity contribution in [2.75, 3.05) is 13.1 Å². The number of aryl methyl sites for hydroxylation is 1. The minimum absolute atomic E-state index is 0.241. The molecule has 0 saturated carbocycles. The Balaban J connectivity index is 1.41. The van der Waals surface area contributed by atoms with E-state index in [1.165, 1.54) is 11.1 Å². The van der Waals surface area contributed by atoms with E-state index in [9.17, 15) is 4.79 Å². The normalized spacial score (nSPS) is 15.6. The van der Waals surface area contributed by atoms with Gasteiger partial charge in [0, 0.05) is 25.5 Å². The highest BCUT2D eigenvalue weighted by atomic mass is 16.2. The van der Waals surface area contributed by atoms with Gasteiger partial charge in [0.1, 0.15) is 0 Å². The van der Waals surface area contributed by atoms with Gasteiger partial charge in [0.2, 0.25) is 5.91 Å². The number of H-pyrrole nitrogens is 1. The van der Waals surface area contributed by atoms with Gasteiger partial charge in [-0.25, -0.2) is 0 Å². The average molecular weight is 333 g/mol. The summed E-state index contributed by atoms with van der Waals surface area (Å²) in [4.78, 5) is 22.5. The number of amides is 1. The Morgan fingerprint density at radius 3 is 2.80 bits per heavy atom. The first-order valence-corrected chi connectivity index (χ1v) is 8.96. The Hall–Kier alpha value is -2.62. The monoisotopic (exact) mass is 333 g/mol. The first kappa shape index (κ1) is 15.9. The number of benzene rings is 1. The van der Waals surface area contributed by atoms with Crippen LogP contribution in [0, 0.1) is 6.92 Å². The van der Waals surface area contributed by atoms with Crippen molar-refractivity contribution >= 4 is 16.9 Å². The number of aromatic amines is 1. The van der Waals surface area contributed by atoms with Crippen molar-refractivity contribution in [3.63, 3.8) is 0 Å². The molecule has 3 heterocycles. The second kappa shape index (κ2) is 6.71. The number of carbonyl (C=O) groups is 1. The molecule has 0 spiro atoms. The molecular formula is C21H23N3O. The van der Waals surface area contributed by atoms with Crippen LogP contribution in [0.1, 0.15) is 35.4 Å². The fraction of sp³-hybridized carbons (Fsp3) is 0.333. The van der Waals surface area contributed by atoms with Gasteiger partial charge in [0.25, 0.3) is 0 Å². The number of hydrogen-bond donors (Lipinski definition) is 1. The maximum absolute atomic E-state index is 12.6. The molecule has 0 radical (unpaired) electrons. The molecule has 1 fully saturated rings. The molecule has 4 rings (SSSR count). The summed E-state index contributed by atoms with van der Waals surface area (Å²) >= 11 is 0. The van der Waals surface area contributed by atoms with Crippen LogP contribution >= 0.6 is 0 Å². The van der Waals surface area contributed by atoms with E-state index < -0.39 is 0 Å². The number of hydrogen-bond acceptors (Lipinski definition) is 2. The number of carbonyl (C=O) groups excluding carboxylic acids is 1. The third-order valence-electron chi connectivity index (χ3n) is 5.35. The van der Waals surface area contributed by atoms with Crippen LogP contribution < -0.4 is 0 Å². The van der Waals surface area contributed by atoms with E-state index in [1.807, 2.05) is 29.3 Å². The van der Waals surface area contributed by atoms with Gasteiger partial charge in [-0.1, -0.05) is 24.3 Å². The molecule has 3 aromatic rings. The maximum atomic E-state index is 12.6. The molecule has 25 heavy (non-hydrogen) atoms. The number of piperidine rings is 1. The number of nitrogens with one attached hydrogen (secondary N) is 1. The molecule has 1 aromatic carbocycles. The first-order chi connectivity index (χ1) is 12.2. The topological polar surface area (TPSA) is 49.0 Å². The second-order valence-corrected chi connectivity index (χ2v) is 6.90. The summed E-state index contributed by atoms with van der Waals surface area (Å²) in [6, 6.07) is 12.2. The van der Waals surface area contributed by atoms with E-state index in [2.05, 4.69) is 41.3 Å². The number of likely N-dealkylation sites (tertiary alicyclic amines) is 1. The Labute approximate surface area is 147 Å². The van der Waals surface area contributed by atoms with Crippen LogP contribution in [0.3, 0.4) is 0 Å². The molecule has 4 nitrogen and oxygen atoms in total. The van der Waals surface area contributed by atoms with E-state index in [1.54, 1.807) is 0 Å². The van der Waals surface area contributed by atoms with Crippen molar-refractivity contribution in [2.45, 2.75) is 32.1 Å². The maximum Gasteiger partial charge on any atom is 0.226 e. The summed E-state index contributed by atoms with van der Waals surface area (Å²) < 4.78 is 0. The Morgan fingerprint density at radius 1 is 1.20 bits per heavy atom. The van der Waals surface area contributed by atoms with Crippen LogP contribution in [0.5, 0.6) is 0 Å². The third-order valence-corrected chi connectivity index (χ3v) is 5.35. The van der Waals surface area contributed by atoms with Gasteiger partial charge in [-0.3, -0.25) is 9.78 Å². The van der Waals surface area contributed by atoms with Gasteiger partial charge in [0.05, 0.1) is 17.5 Å². The summed E-state index contributed by atoms with van der Waals surface area (Å²) in [5.74, 6) is 0.718. The predicted octanol–water partition coefficient (Wildman–Crippen LogP) is 3.82. The Morgan fingerprint density at radius 2 is 2.00 bits per heavy atom. The summed E-state index contributed by atoms with van der Waals surface area (Å²) in [6.45, 7) is 3.72. The van der Waals surface area contributed by atoms with Gasteiger partial charge in [-0.2, -0.15) is 0 Å². The minimum atomic E-state index is 0.241. The van der Waals surface area contributed by atoms with Crippen molar-refractivity contribution < 1.29 is 4.79 Å². The van der Waals surface area contributed by atoms with Crippen LogP contribution in [0.25, 0.3) is 11.0 Å². The SMILES string of the molecule is Cc1ccccc1CC(=O)N1CCC(c2c[nH]c3cccnc23)CC1. The predicted molar refractivity (Wildman–Crippen MR) is 99.5 cm³/mol. The highest BCUT2D eigenvalue weighted by Gasteiger charge is 2.25. The lowest BCUT2D eigenvalue weighted by Gasteiger charge is -2.32. The fourth-order valence-corrected chi connectivity index (χ4v) is 3.81. The lowest BCUT2D eigenvalue weighted by Crippen LogP contribution is -2.38. The van der Waals surface area contributed by atoms with Gasteiger partial charge >= 0.3 is 0 Å². The highest BCUT2D eigenvalue weighted by molar-refractivity contribution is 5.80. The zero-order chi connectivity index (χ0) is 17.2. The van der Waals surface area contributed by atoms with Crippen LogP contribution in [0.15, 0.2) is 48.8 Å². The molecule has 1 N–H and O–H groups in total. The molecule has 1 saturated heterocycles. The molecule has 1 amide bonds. The van der Waals surface area contributed by atoms with E-state index in [-0.39, 0.29) is 5.91 Å². The number of aromatic nitrogens is 2. The van der Waals surface area contributed by atoms with Gasteiger partial charge in [-0.05, 0) is 54.5 Å². The lowest BCUT2D eigenvalue weighted by molar-refractivity contribution is -0.131. The van der Waals surface area contributed by atoms with Crippen molar-refractivity contribution in [1.29, 1.82) is 0 Å². The average Bonchev–Trinajstić information content (AvgIpc) is 3.08. The van der Waals surface area contributed by atoms with Crippen molar-refractivity contribution in [3.8, 4) is 0 Å². The number of rotatable bonds is 3. The molecule has 0 aliphatic carbocycles. The fourth-order valence-electron chi connectivity index (χ4n) is 3.81. The second-order valence-electron chi connectivity index (χ2n) is 6.90. The molecular weight excluding hydrogens is 310 g/mol. The van der Waals surface area contributed by atoms with Crippen molar-refractivity contribution in [2.24, 2.45) is 0 Å². The standard InChI is InChI=1S/C21H23N3O/c1-15-5-2-3-6-17(15)13-20(25)24-11-8-16(9-12-24)18-14-23-19-7-4-10-22-21(18)19/h2-7,10,14,16,23H,8-9,11-13H2,1H3. The number of nitrogens with zero attached hydrogens (tertiary/aromatic N) is 2. The molecule has 1 aliphatic heterocycles. The third kappa shape index (κ3) is 3.16. The molecule has 2 aromatic heterocycles. The first-order valence-electron chi connectivity index (χ1n) is 8.96. The Bertz CT molecular complexity index is 891. The molecule has 128 valence electrons. The summed E-state index contributed by atoms with van der Waals surface area (Å²) in [5.41, 5.74) is 5.79. The highest BCUT2D eigenvalue weighted by Crippen LogP contribution is 2.32. The minimum Gasteiger partial charge on any atom is -0.360 e. The quantitative estimate of drug-likeness (QED) is 0.792. The van der Waals surface area contributed by atoms with E-state index in [0.717, 1.165) is 42.5 Å². The van der Waals surface area contributed by atoms with E-state index in [4.69, 9.17) is 0 Å². The smallest absolute Gasteiger partial charge is 0.226 e. The van der Waals surface area contributed by atoms with Crippen molar-refractivity contribution in [1.82, 2.24) is 14.9 Å². The van der Waals surface area contributed by atoms with Crippen LogP contribution in [0.2, 0.25) is 0 Å². The summed E-state index contributed by atoms with van der Waals surface area (Å²) in [5, 5.41) is 0. The van der Waals surface area contributed by atoms with E-state index in [0.29, 0.717) is 12.3 Å². The molecule has 0 bridgehead atoms. The summed E-state index contributed by atoms with van der Waals surface area (Å²) in [6.07, 6.45) is 6.45. The Kier molecular flexibility index (Phi) is 4.26. The van der Waals surface area contributed by atoms with Crippen molar-refractivity contribution in [3.05, 3.63) is 65.5 Å². The van der Waals surface area contributed by atoms with Gasteiger partial charge < -0.3 is 9.88 Å². The lowest BCUT2D eigenvalue weighted by atomic mass is 9.90. The molecule has 1 aliphatic rings. The van der Waals surface area contributed by atoms with Gasteiger partial charge in [-0.15, -0.1) is 0 Å². The largest absolute Gasteiger partial charge is 0.360 e. The molecule has 0 unspecified atom stereocenters.